The standard InChI is InChI=1S/C20H20BrCl2N3O4/c1-10(2)17(25-19(28)11-4-5-14(22)15(23)7-11)20(29)26-24-9-12-6-13(21)8-16(30-3)18(12)27/h4-10,17,27H,1-3H3,(H,25,28)(H,26,29). The molecule has 1 unspecified atom stereocenters. The number of carbonyl (C=O) groups excluding carboxylic acids is 2. The molecular formula is C20H20BrCl2N3O4. The minimum Gasteiger partial charge on any atom is -0.504 e. The summed E-state index contributed by atoms with van der Waals surface area (Å²) in [6, 6.07) is 6.80. The molecule has 10 heteroatoms. The number of ether oxygens (including phenoxy) is 1. The smallest absolute Gasteiger partial charge is 0.262 e. The number of halogens is 3. The number of phenolic OH excluding ortho intramolecular Hbond substituents is 1. The summed E-state index contributed by atoms with van der Waals surface area (Å²) in [6.07, 6.45) is 1.28. The molecule has 0 fully saturated rings. The molecule has 160 valence electrons. The summed E-state index contributed by atoms with van der Waals surface area (Å²) in [6.45, 7) is 3.57. The Labute approximate surface area is 192 Å². The minimum absolute atomic E-state index is 0.118. The maximum atomic E-state index is 12.6. The second-order valence-electron chi connectivity index (χ2n) is 6.60. The summed E-state index contributed by atoms with van der Waals surface area (Å²) in [4.78, 5) is 25.0. The molecule has 0 aliphatic rings. The molecule has 0 aliphatic carbocycles. The quantitative estimate of drug-likeness (QED) is 0.375. The van der Waals surface area contributed by atoms with Crippen molar-refractivity contribution in [3.8, 4) is 11.5 Å². The average Bonchev–Trinajstić information content (AvgIpc) is 2.69. The maximum Gasteiger partial charge on any atom is 0.262 e. The summed E-state index contributed by atoms with van der Waals surface area (Å²) < 4.78 is 5.74. The highest BCUT2D eigenvalue weighted by Gasteiger charge is 2.24. The van der Waals surface area contributed by atoms with Gasteiger partial charge in [-0.25, -0.2) is 5.43 Å². The molecule has 0 aliphatic heterocycles. The van der Waals surface area contributed by atoms with E-state index in [0.717, 1.165) is 0 Å². The van der Waals surface area contributed by atoms with Crippen LogP contribution in [0.5, 0.6) is 11.5 Å². The van der Waals surface area contributed by atoms with Gasteiger partial charge in [0.2, 0.25) is 0 Å². The fourth-order valence-corrected chi connectivity index (χ4v) is 3.23. The van der Waals surface area contributed by atoms with E-state index in [1.165, 1.54) is 31.5 Å². The van der Waals surface area contributed by atoms with Crippen LogP contribution in [-0.2, 0) is 4.79 Å². The molecule has 2 aromatic rings. The number of hydrazone groups is 1. The molecule has 0 radical (unpaired) electrons. The predicted octanol–water partition coefficient (Wildman–Crippen LogP) is 4.37. The zero-order valence-corrected chi connectivity index (χ0v) is 19.5. The van der Waals surface area contributed by atoms with Crippen LogP contribution in [0, 0.1) is 5.92 Å². The van der Waals surface area contributed by atoms with E-state index in [4.69, 9.17) is 27.9 Å². The van der Waals surface area contributed by atoms with Crippen molar-refractivity contribution in [2.75, 3.05) is 7.11 Å². The number of hydrogen-bond donors (Lipinski definition) is 3. The zero-order valence-electron chi connectivity index (χ0n) is 16.4. The first-order valence-corrected chi connectivity index (χ1v) is 10.3. The Hall–Kier alpha value is -2.29. The number of nitrogens with one attached hydrogen (secondary N) is 2. The number of benzene rings is 2. The van der Waals surface area contributed by atoms with E-state index in [0.29, 0.717) is 15.1 Å². The second kappa shape index (κ2) is 10.7. The molecule has 2 aromatic carbocycles. The van der Waals surface area contributed by atoms with E-state index in [1.807, 2.05) is 0 Å². The predicted molar refractivity (Wildman–Crippen MR) is 121 cm³/mol. The van der Waals surface area contributed by atoms with Crippen LogP contribution >= 0.6 is 39.1 Å². The third-order valence-electron chi connectivity index (χ3n) is 4.09. The Morgan fingerprint density at radius 2 is 1.90 bits per heavy atom. The van der Waals surface area contributed by atoms with Crippen molar-refractivity contribution in [1.29, 1.82) is 0 Å². The molecule has 0 heterocycles. The first-order valence-electron chi connectivity index (χ1n) is 8.79. The van der Waals surface area contributed by atoms with Gasteiger partial charge >= 0.3 is 0 Å². The first-order chi connectivity index (χ1) is 14.1. The molecule has 1 atom stereocenters. The number of methoxy groups -OCH3 is 1. The molecule has 0 bridgehead atoms. The van der Waals surface area contributed by atoms with Gasteiger partial charge in [0.15, 0.2) is 11.5 Å². The number of rotatable bonds is 7. The number of hydrogen-bond acceptors (Lipinski definition) is 5. The van der Waals surface area contributed by atoms with E-state index in [1.54, 1.807) is 26.0 Å². The summed E-state index contributed by atoms with van der Waals surface area (Å²) in [7, 11) is 1.42. The number of aromatic hydroxyl groups is 1. The van der Waals surface area contributed by atoms with E-state index in [-0.39, 0.29) is 28.0 Å². The van der Waals surface area contributed by atoms with Gasteiger partial charge in [-0.1, -0.05) is 53.0 Å². The van der Waals surface area contributed by atoms with Crippen molar-refractivity contribution < 1.29 is 19.4 Å². The number of carbonyl (C=O) groups is 2. The van der Waals surface area contributed by atoms with Crippen LogP contribution in [0.1, 0.15) is 29.8 Å². The third-order valence-corrected chi connectivity index (χ3v) is 5.28. The molecule has 7 nitrogen and oxygen atoms in total. The van der Waals surface area contributed by atoms with Crippen molar-refractivity contribution in [2.45, 2.75) is 19.9 Å². The lowest BCUT2D eigenvalue weighted by atomic mass is 10.0. The lowest BCUT2D eigenvalue weighted by Crippen LogP contribution is -2.48. The SMILES string of the molecule is COc1cc(Br)cc(C=NNC(=O)C(NC(=O)c2ccc(Cl)c(Cl)c2)C(C)C)c1O. The van der Waals surface area contributed by atoms with Gasteiger partial charge < -0.3 is 15.2 Å². The van der Waals surface area contributed by atoms with Gasteiger partial charge in [0.25, 0.3) is 11.8 Å². The van der Waals surface area contributed by atoms with Crippen molar-refractivity contribution in [3.63, 3.8) is 0 Å². The van der Waals surface area contributed by atoms with Gasteiger partial charge in [0.05, 0.1) is 23.4 Å². The normalized spacial score (nSPS) is 12.1. The van der Waals surface area contributed by atoms with Crippen LogP contribution in [0.25, 0.3) is 0 Å². The van der Waals surface area contributed by atoms with Crippen molar-refractivity contribution in [3.05, 3.63) is 56.0 Å². The van der Waals surface area contributed by atoms with Crippen LogP contribution in [0.3, 0.4) is 0 Å². The van der Waals surface area contributed by atoms with Gasteiger partial charge in [-0.3, -0.25) is 9.59 Å². The Balaban J connectivity index is 2.11. The largest absolute Gasteiger partial charge is 0.504 e. The topological polar surface area (TPSA) is 100 Å². The van der Waals surface area contributed by atoms with Gasteiger partial charge in [0, 0.05) is 15.6 Å². The van der Waals surface area contributed by atoms with Crippen LogP contribution in [-0.4, -0.2) is 36.3 Å². The maximum absolute atomic E-state index is 12.6. The number of phenols is 1. The van der Waals surface area contributed by atoms with Crippen molar-refractivity contribution >= 4 is 57.2 Å². The van der Waals surface area contributed by atoms with Crippen molar-refractivity contribution in [2.24, 2.45) is 11.0 Å². The summed E-state index contributed by atoms with van der Waals surface area (Å²) in [5.41, 5.74) is 2.99. The highest BCUT2D eigenvalue weighted by molar-refractivity contribution is 9.10. The second-order valence-corrected chi connectivity index (χ2v) is 8.33. The first kappa shape index (κ1) is 24.0. The molecule has 2 amide bonds. The van der Waals surface area contributed by atoms with Gasteiger partial charge in [-0.15, -0.1) is 0 Å². The molecule has 0 saturated carbocycles. The Morgan fingerprint density at radius 1 is 1.20 bits per heavy atom. The minimum atomic E-state index is -0.852. The highest BCUT2D eigenvalue weighted by Crippen LogP contribution is 2.32. The lowest BCUT2D eigenvalue weighted by Gasteiger charge is -2.20. The summed E-state index contributed by atoms with van der Waals surface area (Å²) >= 11 is 15.1. The van der Waals surface area contributed by atoms with Gasteiger partial charge in [-0.05, 0) is 36.2 Å². The monoisotopic (exact) mass is 515 g/mol. The molecule has 2 rings (SSSR count). The average molecular weight is 517 g/mol. The molecule has 0 saturated heterocycles. The zero-order chi connectivity index (χ0) is 22.4. The summed E-state index contributed by atoms with van der Waals surface area (Å²) in [5, 5.41) is 17.2. The third kappa shape index (κ3) is 6.10. The fourth-order valence-electron chi connectivity index (χ4n) is 2.48. The van der Waals surface area contributed by atoms with Crippen LogP contribution in [0.2, 0.25) is 10.0 Å². The van der Waals surface area contributed by atoms with E-state index in [2.05, 4.69) is 31.8 Å². The Bertz CT molecular complexity index is 983. The molecule has 3 N–H and O–H groups in total. The molecule has 0 aromatic heterocycles. The number of nitrogens with zero attached hydrogens (tertiary/aromatic N) is 1. The Kier molecular flexibility index (Phi) is 8.52. The molecular weight excluding hydrogens is 497 g/mol. The molecule has 30 heavy (non-hydrogen) atoms. The highest BCUT2D eigenvalue weighted by atomic mass is 79.9. The van der Waals surface area contributed by atoms with Crippen LogP contribution in [0.4, 0.5) is 0 Å². The van der Waals surface area contributed by atoms with E-state index in [9.17, 15) is 14.7 Å². The van der Waals surface area contributed by atoms with Crippen LogP contribution < -0.4 is 15.5 Å². The number of amides is 2. The van der Waals surface area contributed by atoms with Crippen molar-refractivity contribution in [1.82, 2.24) is 10.7 Å². The van der Waals surface area contributed by atoms with Gasteiger partial charge in [-0.2, -0.15) is 5.10 Å². The van der Waals surface area contributed by atoms with E-state index < -0.39 is 17.9 Å². The lowest BCUT2D eigenvalue weighted by molar-refractivity contribution is -0.123. The Morgan fingerprint density at radius 3 is 2.50 bits per heavy atom. The van der Waals surface area contributed by atoms with Gasteiger partial charge in [0.1, 0.15) is 6.04 Å². The van der Waals surface area contributed by atoms with E-state index >= 15 is 0 Å². The molecule has 0 spiro atoms. The fraction of sp³-hybridized carbons (Fsp3) is 0.250. The van der Waals surface area contributed by atoms with Crippen LogP contribution in [0.15, 0.2) is 39.9 Å². The summed E-state index contributed by atoms with van der Waals surface area (Å²) in [5.74, 6) is -1.07.